The second-order valence-corrected chi connectivity index (χ2v) is 5.31. The van der Waals surface area contributed by atoms with Crippen LogP contribution in [-0.2, 0) is 0 Å². The molecule has 0 bridgehead atoms. The number of pyridine rings is 1. The van der Waals surface area contributed by atoms with Crippen LogP contribution in [0.25, 0.3) is 0 Å². The first-order valence-electron chi connectivity index (χ1n) is 7.28. The number of aliphatic hydroxyl groups excluding tert-OH is 1. The van der Waals surface area contributed by atoms with E-state index in [1.54, 1.807) is 6.20 Å². The molecule has 2 heterocycles. The van der Waals surface area contributed by atoms with E-state index in [-0.39, 0.29) is 0 Å². The van der Waals surface area contributed by atoms with Crippen LogP contribution < -0.4 is 4.90 Å². The zero-order valence-electron chi connectivity index (χ0n) is 11.6. The molecule has 1 fully saturated rings. The van der Waals surface area contributed by atoms with Gasteiger partial charge < -0.3 is 10.0 Å². The average molecular weight is 268 g/mol. The number of benzene rings is 1. The highest BCUT2D eigenvalue weighted by molar-refractivity contribution is 5.41. The van der Waals surface area contributed by atoms with Crippen molar-refractivity contribution < 1.29 is 5.11 Å². The summed E-state index contributed by atoms with van der Waals surface area (Å²) in [6.45, 7) is 2.18. The molecular weight excluding hydrogens is 248 g/mol. The summed E-state index contributed by atoms with van der Waals surface area (Å²) in [5.74, 6) is 1.02. The molecule has 1 aliphatic heterocycles. The Hall–Kier alpha value is -1.87. The van der Waals surface area contributed by atoms with Gasteiger partial charge in [-0.1, -0.05) is 36.4 Å². The molecular formula is C17H20N2O. The van der Waals surface area contributed by atoms with Gasteiger partial charge in [0.2, 0.25) is 0 Å². The average Bonchev–Trinajstić information content (AvgIpc) is 2.56. The van der Waals surface area contributed by atoms with Crippen LogP contribution in [-0.4, -0.2) is 23.2 Å². The SMILES string of the molecule is OC(c1ccccc1)c1ccc(N2CCCCC2)nc1. The summed E-state index contributed by atoms with van der Waals surface area (Å²) in [5.41, 5.74) is 1.75. The van der Waals surface area contributed by atoms with Crippen LogP contribution in [0.15, 0.2) is 48.7 Å². The molecule has 104 valence electrons. The minimum atomic E-state index is -0.598. The maximum atomic E-state index is 10.3. The Morgan fingerprint density at radius 3 is 2.30 bits per heavy atom. The lowest BCUT2D eigenvalue weighted by molar-refractivity contribution is 0.220. The van der Waals surface area contributed by atoms with E-state index in [1.807, 2.05) is 42.5 Å². The lowest BCUT2D eigenvalue weighted by atomic mass is 10.0. The van der Waals surface area contributed by atoms with Gasteiger partial charge in [0, 0.05) is 24.8 Å². The Balaban J connectivity index is 1.75. The third-order valence-corrected chi connectivity index (χ3v) is 3.88. The van der Waals surface area contributed by atoms with Crippen molar-refractivity contribution in [1.82, 2.24) is 4.98 Å². The molecule has 0 radical (unpaired) electrons. The molecule has 0 aliphatic carbocycles. The number of nitrogens with zero attached hydrogens (tertiary/aromatic N) is 2. The normalized spacial score (nSPS) is 16.9. The summed E-state index contributed by atoms with van der Waals surface area (Å²) in [5, 5.41) is 10.3. The van der Waals surface area contributed by atoms with Gasteiger partial charge in [0.05, 0.1) is 0 Å². The van der Waals surface area contributed by atoms with Gasteiger partial charge in [-0.05, 0) is 30.9 Å². The molecule has 20 heavy (non-hydrogen) atoms. The van der Waals surface area contributed by atoms with E-state index < -0.39 is 6.10 Å². The smallest absolute Gasteiger partial charge is 0.128 e. The van der Waals surface area contributed by atoms with Crippen molar-refractivity contribution in [1.29, 1.82) is 0 Å². The molecule has 0 saturated carbocycles. The number of hydrogen-bond donors (Lipinski definition) is 1. The van der Waals surface area contributed by atoms with Crippen LogP contribution in [0, 0.1) is 0 Å². The van der Waals surface area contributed by atoms with Crippen molar-refractivity contribution in [3.63, 3.8) is 0 Å². The highest BCUT2D eigenvalue weighted by Gasteiger charge is 2.14. The highest BCUT2D eigenvalue weighted by Crippen LogP contribution is 2.23. The first-order valence-corrected chi connectivity index (χ1v) is 7.28. The molecule has 3 heteroatoms. The van der Waals surface area contributed by atoms with Gasteiger partial charge in [0.25, 0.3) is 0 Å². The lowest BCUT2D eigenvalue weighted by Crippen LogP contribution is -2.30. The van der Waals surface area contributed by atoms with Crippen molar-refractivity contribution in [3.8, 4) is 0 Å². The Labute approximate surface area is 119 Å². The third-order valence-electron chi connectivity index (χ3n) is 3.88. The molecule has 1 N–H and O–H groups in total. The monoisotopic (exact) mass is 268 g/mol. The third kappa shape index (κ3) is 2.83. The maximum absolute atomic E-state index is 10.3. The van der Waals surface area contributed by atoms with E-state index in [4.69, 9.17) is 0 Å². The summed E-state index contributed by atoms with van der Waals surface area (Å²) < 4.78 is 0. The summed E-state index contributed by atoms with van der Waals surface area (Å²) in [6.07, 6.45) is 5.01. The van der Waals surface area contributed by atoms with E-state index in [0.717, 1.165) is 30.0 Å². The second kappa shape index (κ2) is 6.06. The van der Waals surface area contributed by atoms with Gasteiger partial charge in [-0.3, -0.25) is 0 Å². The summed E-state index contributed by atoms with van der Waals surface area (Å²) in [6, 6.07) is 13.7. The Kier molecular flexibility index (Phi) is 3.97. The number of aliphatic hydroxyl groups is 1. The van der Waals surface area contributed by atoms with Gasteiger partial charge in [-0.25, -0.2) is 4.98 Å². The Morgan fingerprint density at radius 1 is 0.900 bits per heavy atom. The van der Waals surface area contributed by atoms with E-state index in [2.05, 4.69) is 9.88 Å². The van der Waals surface area contributed by atoms with Crippen LogP contribution in [0.4, 0.5) is 5.82 Å². The van der Waals surface area contributed by atoms with Gasteiger partial charge in [-0.15, -0.1) is 0 Å². The number of hydrogen-bond acceptors (Lipinski definition) is 3. The fourth-order valence-electron chi connectivity index (χ4n) is 2.70. The first-order chi connectivity index (χ1) is 9.84. The molecule has 1 atom stereocenters. The number of anilines is 1. The molecule has 1 aromatic heterocycles. The minimum absolute atomic E-state index is 0.598. The molecule has 1 aromatic carbocycles. The molecule has 0 amide bonds. The van der Waals surface area contributed by atoms with E-state index in [1.165, 1.54) is 19.3 Å². The predicted octanol–water partition coefficient (Wildman–Crippen LogP) is 3.15. The van der Waals surface area contributed by atoms with Crippen LogP contribution in [0.5, 0.6) is 0 Å². The van der Waals surface area contributed by atoms with Crippen LogP contribution >= 0.6 is 0 Å². The number of rotatable bonds is 3. The van der Waals surface area contributed by atoms with Gasteiger partial charge in [0.15, 0.2) is 0 Å². The summed E-state index contributed by atoms with van der Waals surface area (Å²) in [7, 11) is 0. The molecule has 3 nitrogen and oxygen atoms in total. The Morgan fingerprint density at radius 2 is 1.65 bits per heavy atom. The zero-order valence-corrected chi connectivity index (χ0v) is 11.6. The van der Waals surface area contributed by atoms with Crippen LogP contribution in [0.2, 0.25) is 0 Å². The standard InChI is InChI=1S/C17H20N2O/c20-17(14-7-3-1-4-8-14)15-9-10-16(18-13-15)19-11-5-2-6-12-19/h1,3-4,7-10,13,17,20H,2,5-6,11-12H2. The molecule has 1 unspecified atom stereocenters. The zero-order chi connectivity index (χ0) is 13.8. The topological polar surface area (TPSA) is 36.4 Å². The van der Waals surface area contributed by atoms with Gasteiger partial charge >= 0.3 is 0 Å². The van der Waals surface area contributed by atoms with Crippen molar-refractivity contribution in [2.45, 2.75) is 25.4 Å². The van der Waals surface area contributed by atoms with Crippen molar-refractivity contribution in [2.24, 2.45) is 0 Å². The van der Waals surface area contributed by atoms with E-state index in [0.29, 0.717) is 0 Å². The van der Waals surface area contributed by atoms with Crippen LogP contribution in [0.1, 0.15) is 36.5 Å². The predicted molar refractivity (Wildman–Crippen MR) is 80.8 cm³/mol. The maximum Gasteiger partial charge on any atom is 0.128 e. The van der Waals surface area contributed by atoms with E-state index >= 15 is 0 Å². The summed E-state index contributed by atoms with van der Waals surface area (Å²) in [4.78, 5) is 6.84. The quantitative estimate of drug-likeness (QED) is 0.929. The van der Waals surface area contributed by atoms with Crippen LogP contribution in [0.3, 0.4) is 0 Å². The van der Waals surface area contributed by atoms with Crippen molar-refractivity contribution >= 4 is 5.82 Å². The largest absolute Gasteiger partial charge is 0.384 e. The minimum Gasteiger partial charge on any atom is -0.384 e. The van der Waals surface area contributed by atoms with E-state index in [9.17, 15) is 5.11 Å². The molecule has 3 rings (SSSR count). The van der Waals surface area contributed by atoms with Gasteiger partial charge in [-0.2, -0.15) is 0 Å². The number of piperidine rings is 1. The Bertz CT molecular complexity index is 533. The molecule has 0 spiro atoms. The summed E-state index contributed by atoms with van der Waals surface area (Å²) >= 11 is 0. The van der Waals surface area contributed by atoms with Crippen molar-refractivity contribution in [2.75, 3.05) is 18.0 Å². The highest BCUT2D eigenvalue weighted by atomic mass is 16.3. The molecule has 2 aromatic rings. The lowest BCUT2D eigenvalue weighted by Gasteiger charge is -2.27. The van der Waals surface area contributed by atoms with Crippen molar-refractivity contribution in [3.05, 3.63) is 59.8 Å². The molecule has 1 saturated heterocycles. The fourth-order valence-corrected chi connectivity index (χ4v) is 2.70. The molecule has 1 aliphatic rings. The van der Waals surface area contributed by atoms with Gasteiger partial charge in [0.1, 0.15) is 11.9 Å². The number of aromatic nitrogens is 1. The second-order valence-electron chi connectivity index (χ2n) is 5.31. The first kappa shape index (κ1) is 13.1. The fraction of sp³-hybridized carbons (Fsp3) is 0.353.